The van der Waals surface area contributed by atoms with Gasteiger partial charge >= 0.3 is 12.0 Å². The molecule has 1 rings (SSSR count). The molecule has 13 heavy (non-hydrogen) atoms. The number of nitrogens with zero attached hydrogens (tertiary/aromatic N) is 2. The summed E-state index contributed by atoms with van der Waals surface area (Å²) in [4.78, 5) is 16.6. The van der Waals surface area contributed by atoms with Gasteiger partial charge in [-0.05, 0) is 0 Å². The zero-order chi connectivity index (χ0) is 10.0. The molecule has 6 nitrogen and oxygen atoms in total. The Morgan fingerprint density at radius 1 is 1.54 bits per heavy atom. The molecule has 7 heteroatoms. The van der Waals surface area contributed by atoms with Crippen molar-refractivity contribution in [2.24, 2.45) is 0 Å². The topological polar surface area (TPSA) is 92.5 Å². The molecular weight excluding hydrogens is 183 g/mol. The van der Waals surface area contributed by atoms with E-state index in [0.717, 1.165) is 7.11 Å². The lowest BCUT2D eigenvalue weighted by molar-refractivity contribution is 0.0681. The minimum absolute atomic E-state index is 0.406. The van der Waals surface area contributed by atoms with Gasteiger partial charge in [-0.1, -0.05) is 0 Å². The Hall–Kier alpha value is -1.92. The lowest BCUT2D eigenvalue weighted by atomic mass is 10.4. The Balaban J connectivity index is 3.33. The van der Waals surface area contributed by atoms with E-state index in [2.05, 4.69) is 14.7 Å². The molecule has 1 aromatic rings. The molecule has 0 aromatic carbocycles. The second-order valence-corrected chi connectivity index (χ2v) is 2.00. The Bertz CT molecular complexity index is 355. The smallest absolute Gasteiger partial charge is 0.358 e. The van der Waals surface area contributed by atoms with Gasteiger partial charge in [0.25, 0.3) is 5.88 Å². The second-order valence-electron chi connectivity index (χ2n) is 2.00. The Labute approximate surface area is 71.6 Å². The fourth-order valence-electron chi connectivity index (χ4n) is 0.648. The van der Waals surface area contributed by atoms with Crippen LogP contribution < -0.4 is 4.74 Å². The third-order valence-electron chi connectivity index (χ3n) is 1.20. The normalized spacial score (nSPS) is 9.69. The first-order valence-electron chi connectivity index (χ1n) is 3.10. The molecule has 0 saturated heterocycles. The van der Waals surface area contributed by atoms with Gasteiger partial charge in [0.1, 0.15) is 0 Å². The molecule has 0 amide bonds. The summed E-state index contributed by atoms with van der Waals surface area (Å²) in [5, 5.41) is 17.2. The van der Waals surface area contributed by atoms with Crippen molar-refractivity contribution in [1.29, 1.82) is 0 Å². The van der Waals surface area contributed by atoms with Crippen LogP contribution in [0.15, 0.2) is 0 Å². The molecule has 1 aromatic heterocycles. The van der Waals surface area contributed by atoms with Gasteiger partial charge in [0.15, 0.2) is 5.69 Å². The first kappa shape index (κ1) is 9.17. The van der Waals surface area contributed by atoms with Gasteiger partial charge in [-0.2, -0.15) is 14.4 Å². The van der Waals surface area contributed by atoms with Crippen molar-refractivity contribution in [1.82, 2.24) is 9.97 Å². The van der Waals surface area contributed by atoms with Gasteiger partial charge in [-0.15, -0.1) is 0 Å². The van der Waals surface area contributed by atoms with Crippen molar-refractivity contribution >= 4 is 5.97 Å². The highest BCUT2D eigenvalue weighted by atomic mass is 19.1. The van der Waals surface area contributed by atoms with Crippen LogP contribution in [0.25, 0.3) is 0 Å². The zero-order valence-electron chi connectivity index (χ0n) is 6.48. The fraction of sp³-hybridized carbons (Fsp3) is 0.167. The maximum absolute atomic E-state index is 12.8. The summed E-state index contributed by atoms with van der Waals surface area (Å²) >= 11 is 0. The van der Waals surface area contributed by atoms with E-state index >= 15 is 0 Å². The number of halogens is 1. The van der Waals surface area contributed by atoms with Gasteiger partial charge in [0.05, 0.1) is 7.11 Å². The maximum atomic E-state index is 12.8. The fourth-order valence-corrected chi connectivity index (χ4v) is 0.648. The van der Waals surface area contributed by atoms with Crippen molar-refractivity contribution in [3.63, 3.8) is 0 Å². The summed E-state index contributed by atoms with van der Waals surface area (Å²) < 4.78 is 17.2. The SMILES string of the molecule is COc1nc(O)c(F)c(C(=O)O)n1. The van der Waals surface area contributed by atoms with E-state index in [4.69, 9.17) is 10.2 Å². The summed E-state index contributed by atoms with van der Waals surface area (Å²) in [7, 11) is 1.16. The molecule has 0 aliphatic heterocycles. The largest absolute Gasteiger partial charge is 0.491 e. The third kappa shape index (κ3) is 1.63. The van der Waals surface area contributed by atoms with Gasteiger partial charge in [-0.3, -0.25) is 0 Å². The molecular formula is C6H5FN2O4. The van der Waals surface area contributed by atoms with Crippen molar-refractivity contribution in [2.45, 2.75) is 0 Å². The molecule has 0 radical (unpaired) electrons. The summed E-state index contributed by atoms with van der Waals surface area (Å²) in [6.45, 7) is 0. The first-order valence-corrected chi connectivity index (χ1v) is 3.10. The Morgan fingerprint density at radius 3 is 2.62 bits per heavy atom. The highest BCUT2D eigenvalue weighted by Crippen LogP contribution is 2.18. The molecule has 0 fully saturated rings. The maximum Gasteiger partial charge on any atom is 0.358 e. The van der Waals surface area contributed by atoms with Crippen molar-refractivity contribution in [3.05, 3.63) is 11.5 Å². The predicted molar refractivity (Wildman–Crippen MR) is 37.2 cm³/mol. The van der Waals surface area contributed by atoms with Gasteiger partial charge < -0.3 is 14.9 Å². The number of hydrogen-bond donors (Lipinski definition) is 2. The molecule has 0 unspecified atom stereocenters. The number of aromatic carboxylic acids is 1. The number of aromatic nitrogens is 2. The van der Waals surface area contributed by atoms with Crippen LogP contribution in [0.3, 0.4) is 0 Å². The van der Waals surface area contributed by atoms with Crippen LogP contribution in [-0.4, -0.2) is 33.3 Å². The molecule has 0 bridgehead atoms. The molecule has 0 atom stereocenters. The van der Waals surface area contributed by atoms with Crippen LogP contribution in [0.5, 0.6) is 11.9 Å². The lowest BCUT2D eigenvalue weighted by Crippen LogP contribution is -2.07. The number of carboxylic acids is 1. The molecule has 0 spiro atoms. The van der Waals surface area contributed by atoms with Crippen LogP contribution in [0.4, 0.5) is 4.39 Å². The van der Waals surface area contributed by atoms with Crippen molar-refractivity contribution < 1.29 is 24.1 Å². The van der Waals surface area contributed by atoms with Crippen LogP contribution in [0, 0.1) is 5.82 Å². The van der Waals surface area contributed by atoms with Crippen molar-refractivity contribution in [3.8, 4) is 11.9 Å². The van der Waals surface area contributed by atoms with E-state index in [0.29, 0.717) is 0 Å². The van der Waals surface area contributed by atoms with E-state index in [1.807, 2.05) is 0 Å². The van der Waals surface area contributed by atoms with E-state index in [9.17, 15) is 9.18 Å². The summed E-state index contributed by atoms with van der Waals surface area (Å²) in [6, 6.07) is -0.406. The van der Waals surface area contributed by atoms with Crippen molar-refractivity contribution in [2.75, 3.05) is 7.11 Å². The summed E-state index contributed by atoms with van der Waals surface area (Å²) in [5.41, 5.74) is -0.927. The quantitative estimate of drug-likeness (QED) is 0.680. The predicted octanol–water partition coefficient (Wildman–Crippen LogP) is 0.0281. The van der Waals surface area contributed by atoms with E-state index < -0.39 is 29.4 Å². The van der Waals surface area contributed by atoms with E-state index in [1.54, 1.807) is 0 Å². The average Bonchev–Trinajstić information content (AvgIpc) is 2.09. The van der Waals surface area contributed by atoms with Gasteiger partial charge in [-0.25, -0.2) is 4.79 Å². The lowest BCUT2D eigenvalue weighted by Gasteiger charge is -2.01. The monoisotopic (exact) mass is 188 g/mol. The second kappa shape index (κ2) is 3.21. The molecule has 0 aliphatic carbocycles. The Morgan fingerprint density at radius 2 is 2.15 bits per heavy atom. The van der Waals surface area contributed by atoms with Crippen LogP contribution in [0.1, 0.15) is 10.5 Å². The number of methoxy groups -OCH3 is 1. The number of carbonyl (C=O) groups is 1. The Kier molecular flexibility index (Phi) is 2.27. The highest BCUT2D eigenvalue weighted by Gasteiger charge is 2.19. The van der Waals surface area contributed by atoms with Gasteiger partial charge in [0, 0.05) is 0 Å². The third-order valence-corrected chi connectivity index (χ3v) is 1.20. The van der Waals surface area contributed by atoms with E-state index in [1.165, 1.54) is 0 Å². The minimum Gasteiger partial charge on any atom is -0.491 e. The number of ether oxygens (including phenoxy) is 1. The first-order chi connectivity index (χ1) is 6.06. The zero-order valence-corrected chi connectivity index (χ0v) is 6.48. The molecule has 2 N–H and O–H groups in total. The number of rotatable bonds is 2. The molecule has 0 aliphatic rings. The summed E-state index contributed by atoms with van der Waals surface area (Å²) in [5.74, 6) is -4.04. The van der Waals surface area contributed by atoms with Crippen LogP contribution >= 0.6 is 0 Å². The van der Waals surface area contributed by atoms with Gasteiger partial charge in [0.2, 0.25) is 5.82 Å². The van der Waals surface area contributed by atoms with Crippen LogP contribution in [0.2, 0.25) is 0 Å². The molecule has 1 heterocycles. The number of carboxylic acid groups (broad SMARTS) is 1. The standard InChI is InChI=1S/C6H5FN2O4/c1-13-6-8-3(5(11)12)2(7)4(10)9-6/h1H3,(H,11,12)(H,8,9,10). The number of hydrogen-bond acceptors (Lipinski definition) is 5. The minimum atomic E-state index is -1.60. The molecule has 70 valence electrons. The van der Waals surface area contributed by atoms with Crippen LogP contribution in [-0.2, 0) is 0 Å². The average molecular weight is 188 g/mol. The van der Waals surface area contributed by atoms with E-state index in [-0.39, 0.29) is 0 Å². The highest BCUT2D eigenvalue weighted by molar-refractivity contribution is 5.86. The molecule has 0 saturated carbocycles. The summed E-state index contributed by atoms with van der Waals surface area (Å²) in [6.07, 6.45) is 0. The number of aromatic hydroxyl groups is 1.